The maximum atomic E-state index is 12.2. The zero-order valence-electron chi connectivity index (χ0n) is 11.3. The second kappa shape index (κ2) is 4.94. The predicted octanol–water partition coefficient (Wildman–Crippen LogP) is 1.03. The lowest BCUT2D eigenvalue weighted by Gasteiger charge is -2.25. The van der Waals surface area contributed by atoms with Gasteiger partial charge >= 0.3 is 0 Å². The van der Waals surface area contributed by atoms with E-state index >= 15 is 0 Å². The molecule has 1 saturated heterocycles. The van der Waals surface area contributed by atoms with Crippen molar-refractivity contribution in [2.75, 3.05) is 26.3 Å². The highest BCUT2D eigenvalue weighted by molar-refractivity contribution is 5.87. The van der Waals surface area contributed by atoms with E-state index in [4.69, 9.17) is 0 Å². The van der Waals surface area contributed by atoms with Crippen LogP contribution >= 0.6 is 0 Å². The number of amides is 1. The number of nitrogens with one attached hydrogen (secondary N) is 1. The minimum atomic E-state index is -0.323. The van der Waals surface area contributed by atoms with Crippen molar-refractivity contribution in [3.8, 4) is 0 Å². The number of hydrogen-bond acceptors (Lipinski definition) is 3. The van der Waals surface area contributed by atoms with Gasteiger partial charge < -0.3 is 4.90 Å². The quantitative estimate of drug-likeness (QED) is 0.752. The molecule has 1 aliphatic carbocycles. The summed E-state index contributed by atoms with van der Waals surface area (Å²) < 4.78 is 0. The lowest BCUT2D eigenvalue weighted by molar-refractivity contribution is -0.132. The third-order valence-electron chi connectivity index (χ3n) is 4.25. The van der Waals surface area contributed by atoms with Crippen molar-refractivity contribution in [1.29, 1.82) is 0 Å². The first-order valence-corrected chi connectivity index (χ1v) is 6.89. The molecule has 2 fully saturated rings. The molecule has 0 aromatic rings. The van der Waals surface area contributed by atoms with Crippen LogP contribution in [-0.2, 0) is 4.79 Å². The Morgan fingerprint density at radius 1 is 1.47 bits per heavy atom. The Morgan fingerprint density at radius 3 is 2.65 bits per heavy atom. The minimum absolute atomic E-state index is 0.270. The van der Waals surface area contributed by atoms with Crippen LogP contribution in [0.4, 0.5) is 0 Å². The van der Waals surface area contributed by atoms with Crippen LogP contribution in [-0.4, -0.2) is 53.6 Å². The molecule has 1 unspecified atom stereocenters. The van der Waals surface area contributed by atoms with Gasteiger partial charge in [0, 0.05) is 19.1 Å². The molecule has 1 heterocycles. The monoisotopic (exact) mass is 239 g/mol. The minimum Gasteiger partial charge on any atom is -0.327 e. The molecule has 1 aliphatic heterocycles. The van der Waals surface area contributed by atoms with Crippen LogP contribution < -0.4 is 5.32 Å². The molecule has 0 aromatic carbocycles. The van der Waals surface area contributed by atoms with Crippen LogP contribution in [0.1, 0.15) is 40.0 Å². The Kier molecular flexibility index (Phi) is 3.73. The predicted molar refractivity (Wildman–Crippen MR) is 68.7 cm³/mol. The summed E-state index contributed by atoms with van der Waals surface area (Å²) in [5, 5.41) is 3.33. The van der Waals surface area contributed by atoms with E-state index in [2.05, 4.69) is 24.1 Å². The van der Waals surface area contributed by atoms with Gasteiger partial charge in [-0.2, -0.15) is 0 Å². The molecule has 4 nitrogen and oxygen atoms in total. The Hall–Kier alpha value is -0.610. The molecule has 2 aliphatic rings. The highest BCUT2D eigenvalue weighted by Crippen LogP contribution is 2.26. The van der Waals surface area contributed by atoms with Crippen LogP contribution in [0.5, 0.6) is 0 Å². The van der Waals surface area contributed by atoms with Gasteiger partial charge in [0.1, 0.15) is 0 Å². The summed E-state index contributed by atoms with van der Waals surface area (Å²) in [6.45, 7) is 9.99. The summed E-state index contributed by atoms with van der Waals surface area (Å²) in [7, 11) is 0. The van der Waals surface area contributed by atoms with E-state index in [1.807, 2.05) is 11.8 Å². The van der Waals surface area contributed by atoms with Crippen LogP contribution in [0.15, 0.2) is 0 Å². The molecule has 98 valence electrons. The normalized spacial score (nSPS) is 29.4. The molecule has 0 spiro atoms. The Labute approximate surface area is 104 Å². The SMILES string of the molecule is CCN(CCN1CNC(C)(CC)C1=O)C1CC1. The summed E-state index contributed by atoms with van der Waals surface area (Å²) in [6, 6.07) is 0.795. The number of carbonyl (C=O) groups excluding carboxylic acids is 1. The maximum Gasteiger partial charge on any atom is 0.243 e. The van der Waals surface area contributed by atoms with Crippen LogP contribution in [0.3, 0.4) is 0 Å². The van der Waals surface area contributed by atoms with Crippen LogP contribution in [0.2, 0.25) is 0 Å². The summed E-state index contributed by atoms with van der Waals surface area (Å²) in [4.78, 5) is 16.7. The molecular weight excluding hydrogens is 214 g/mol. The largest absolute Gasteiger partial charge is 0.327 e. The van der Waals surface area contributed by atoms with Crippen molar-refractivity contribution in [2.24, 2.45) is 0 Å². The van der Waals surface area contributed by atoms with Crippen molar-refractivity contribution in [3.05, 3.63) is 0 Å². The molecule has 0 radical (unpaired) electrons. The molecular formula is C13H25N3O. The Bertz CT molecular complexity index is 290. The van der Waals surface area contributed by atoms with Gasteiger partial charge in [-0.15, -0.1) is 0 Å². The number of nitrogens with zero attached hydrogens (tertiary/aromatic N) is 2. The second-order valence-corrected chi connectivity index (χ2v) is 5.45. The smallest absolute Gasteiger partial charge is 0.243 e. The fourth-order valence-corrected chi connectivity index (χ4v) is 2.51. The third kappa shape index (κ3) is 2.63. The van der Waals surface area contributed by atoms with Crippen LogP contribution in [0.25, 0.3) is 0 Å². The number of carbonyl (C=O) groups is 1. The molecule has 2 rings (SSSR count). The second-order valence-electron chi connectivity index (χ2n) is 5.45. The van der Waals surface area contributed by atoms with Crippen molar-refractivity contribution >= 4 is 5.91 Å². The van der Waals surface area contributed by atoms with Gasteiger partial charge in [0.15, 0.2) is 0 Å². The van der Waals surface area contributed by atoms with Gasteiger partial charge in [-0.05, 0) is 32.7 Å². The molecule has 1 amide bonds. The van der Waals surface area contributed by atoms with E-state index in [-0.39, 0.29) is 11.4 Å². The topological polar surface area (TPSA) is 35.6 Å². The van der Waals surface area contributed by atoms with Gasteiger partial charge in [-0.3, -0.25) is 15.0 Å². The Morgan fingerprint density at radius 2 is 2.18 bits per heavy atom. The lowest BCUT2D eigenvalue weighted by atomic mass is 9.99. The van der Waals surface area contributed by atoms with Gasteiger partial charge in [0.2, 0.25) is 5.91 Å². The fraction of sp³-hybridized carbons (Fsp3) is 0.923. The zero-order chi connectivity index (χ0) is 12.5. The van der Waals surface area contributed by atoms with Crippen molar-refractivity contribution in [2.45, 2.75) is 51.6 Å². The van der Waals surface area contributed by atoms with Gasteiger partial charge in [0.25, 0.3) is 0 Å². The van der Waals surface area contributed by atoms with Gasteiger partial charge in [0.05, 0.1) is 12.2 Å². The van der Waals surface area contributed by atoms with E-state index in [0.717, 1.165) is 32.1 Å². The molecule has 1 saturated carbocycles. The molecule has 1 N–H and O–H groups in total. The van der Waals surface area contributed by atoms with Crippen LogP contribution in [0, 0.1) is 0 Å². The van der Waals surface area contributed by atoms with E-state index in [1.165, 1.54) is 12.8 Å². The zero-order valence-corrected chi connectivity index (χ0v) is 11.3. The van der Waals surface area contributed by atoms with E-state index in [1.54, 1.807) is 0 Å². The van der Waals surface area contributed by atoms with E-state index < -0.39 is 0 Å². The molecule has 17 heavy (non-hydrogen) atoms. The molecule has 0 aromatic heterocycles. The summed E-state index contributed by atoms with van der Waals surface area (Å²) in [6.07, 6.45) is 3.54. The lowest BCUT2D eigenvalue weighted by Crippen LogP contribution is -2.44. The van der Waals surface area contributed by atoms with Gasteiger partial charge in [-0.1, -0.05) is 13.8 Å². The maximum absolute atomic E-state index is 12.2. The molecule has 0 bridgehead atoms. The number of hydrogen-bond donors (Lipinski definition) is 1. The fourth-order valence-electron chi connectivity index (χ4n) is 2.51. The molecule has 1 atom stereocenters. The molecule has 4 heteroatoms. The first-order chi connectivity index (χ1) is 8.10. The van der Waals surface area contributed by atoms with E-state index in [9.17, 15) is 4.79 Å². The first kappa shape index (κ1) is 12.8. The average molecular weight is 239 g/mol. The third-order valence-corrected chi connectivity index (χ3v) is 4.25. The first-order valence-electron chi connectivity index (χ1n) is 6.89. The Balaban J connectivity index is 1.82. The van der Waals surface area contributed by atoms with Crippen molar-refractivity contribution < 1.29 is 4.79 Å². The number of likely N-dealkylation sites (N-methyl/N-ethyl adjacent to an activating group) is 1. The van der Waals surface area contributed by atoms with E-state index in [0.29, 0.717) is 6.67 Å². The van der Waals surface area contributed by atoms with Crippen molar-refractivity contribution in [1.82, 2.24) is 15.1 Å². The average Bonchev–Trinajstić information content (AvgIpc) is 3.12. The standard InChI is InChI=1S/C13H25N3O/c1-4-13(3)12(17)16(10-14-13)9-8-15(5-2)11-6-7-11/h11,14H,4-10H2,1-3H3. The number of rotatable bonds is 6. The summed E-state index contributed by atoms with van der Waals surface area (Å²) in [5.41, 5.74) is -0.323. The van der Waals surface area contributed by atoms with Crippen molar-refractivity contribution in [3.63, 3.8) is 0 Å². The van der Waals surface area contributed by atoms with Gasteiger partial charge in [-0.25, -0.2) is 0 Å². The summed E-state index contributed by atoms with van der Waals surface area (Å²) in [5.74, 6) is 0.270. The highest BCUT2D eigenvalue weighted by Gasteiger charge is 2.40. The highest BCUT2D eigenvalue weighted by atomic mass is 16.2. The summed E-state index contributed by atoms with van der Waals surface area (Å²) >= 11 is 0.